The SMILES string of the molecule is COc1cccc(C(=O)C2CC3CCCC(C2)S3=O)n1. The van der Waals surface area contributed by atoms with Gasteiger partial charge in [-0.25, -0.2) is 4.98 Å². The van der Waals surface area contributed by atoms with Gasteiger partial charge in [0.2, 0.25) is 5.88 Å². The monoisotopic (exact) mass is 293 g/mol. The van der Waals surface area contributed by atoms with Crippen molar-refractivity contribution >= 4 is 16.6 Å². The molecular weight excluding hydrogens is 274 g/mol. The van der Waals surface area contributed by atoms with Gasteiger partial charge < -0.3 is 4.74 Å². The Morgan fingerprint density at radius 1 is 1.30 bits per heavy atom. The Labute approximate surface area is 121 Å². The second-order valence-electron chi connectivity index (χ2n) is 5.60. The number of carbonyl (C=O) groups is 1. The molecular formula is C15H19NO3S. The van der Waals surface area contributed by atoms with Crippen molar-refractivity contribution in [3.63, 3.8) is 0 Å². The maximum absolute atomic E-state index is 12.6. The van der Waals surface area contributed by atoms with Crippen LogP contribution in [0.3, 0.4) is 0 Å². The summed E-state index contributed by atoms with van der Waals surface area (Å²) in [5.41, 5.74) is 0.472. The zero-order chi connectivity index (χ0) is 14.1. The molecule has 108 valence electrons. The topological polar surface area (TPSA) is 56.3 Å². The number of ketones is 1. The maximum atomic E-state index is 12.6. The molecule has 3 heterocycles. The molecule has 2 aliphatic heterocycles. The normalized spacial score (nSPS) is 32.6. The number of pyridine rings is 1. The van der Waals surface area contributed by atoms with Gasteiger partial charge in [-0.15, -0.1) is 0 Å². The highest BCUT2D eigenvalue weighted by Gasteiger charge is 2.40. The Kier molecular flexibility index (Phi) is 3.87. The van der Waals surface area contributed by atoms with Gasteiger partial charge in [0.25, 0.3) is 0 Å². The first-order valence-electron chi connectivity index (χ1n) is 7.13. The summed E-state index contributed by atoms with van der Waals surface area (Å²) in [7, 11) is 0.813. The van der Waals surface area contributed by atoms with Gasteiger partial charge in [0, 0.05) is 33.3 Å². The summed E-state index contributed by atoms with van der Waals surface area (Å²) in [5, 5.41) is 0.420. The molecule has 2 fully saturated rings. The van der Waals surface area contributed by atoms with Crippen LogP contribution in [0.1, 0.15) is 42.6 Å². The lowest BCUT2D eigenvalue weighted by atomic mass is 9.85. The number of Topliss-reactive ketones (excluding diaryl/α,β-unsaturated/α-hetero) is 1. The second-order valence-corrected chi connectivity index (χ2v) is 7.59. The Hall–Kier alpha value is -1.23. The highest BCUT2D eigenvalue weighted by atomic mass is 32.2. The van der Waals surface area contributed by atoms with Gasteiger partial charge in [-0.3, -0.25) is 9.00 Å². The number of carbonyl (C=O) groups excluding carboxylic acids is 1. The fourth-order valence-corrected chi connectivity index (χ4v) is 5.51. The van der Waals surface area contributed by atoms with Gasteiger partial charge in [-0.1, -0.05) is 12.5 Å². The molecule has 0 aliphatic carbocycles. The summed E-state index contributed by atoms with van der Waals surface area (Å²) in [6.45, 7) is 0. The number of aromatic nitrogens is 1. The molecule has 0 N–H and O–H groups in total. The first-order valence-corrected chi connectivity index (χ1v) is 8.41. The van der Waals surface area contributed by atoms with Crippen LogP contribution in [-0.4, -0.2) is 32.6 Å². The lowest BCUT2D eigenvalue weighted by molar-refractivity contribution is 0.0889. The molecule has 1 aromatic heterocycles. The number of hydrogen-bond donors (Lipinski definition) is 0. The Bertz CT molecular complexity index is 530. The van der Waals surface area contributed by atoms with Crippen molar-refractivity contribution in [2.45, 2.75) is 42.6 Å². The largest absolute Gasteiger partial charge is 0.481 e. The summed E-state index contributed by atoms with van der Waals surface area (Å²) in [6, 6.07) is 5.27. The zero-order valence-corrected chi connectivity index (χ0v) is 12.4. The van der Waals surface area contributed by atoms with Crippen molar-refractivity contribution in [3.8, 4) is 5.88 Å². The fraction of sp³-hybridized carbons (Fsp3) is 0.600. The third-order valence-corrected chi connectivity index (χ3v) is 6.53. The lowest BCUT2D eigenvalue weighted by Gasteiger charge is -2.37. The van der Waals surface area contributed by atoms with Crippen LogP contribution in [0.5, 0.6) is 5.88 Å². The van der Waals surface area contributed by atoms with Crippen LogP contribution >= 0.6 is 0 Å². The van der Waals surface area contributed by atoms with E-state index in [2.05, 4.69) is 4.98 Å². The molecule has 3 rings (SSSR count). The van der Waals surface area contributed by atoms with Crippen LogP contribution in [0.4, 0.5) is 0 Å². The van der Waals surface area contributed by atoms with Crippen LogP contribution in [0.2, 0.25) is 0 Å². The van der Waals surface area contributed by atoms with E-state index in [1.54, 1.807) is 25.3 Å². The predicted molar refractivity (Wildman–Crippen MR) is 77.4 cm³/mol. The van der Waals surface area contributed by atoms with Crippen molar-refractivity contribution in [3.05, 3.63) is 23.9 Å². The third kappa shape index (κ3) is 2.51. The number of nitrogens with zero attached hydrogens (tertiary/aromatic N) is 1. The summed E-state index contributed by atoms with van der Waals surface area (Å²) < 4.78 is 17.2. The zero-order valence-electron chi connectivity index (χ0n) is 11.6. The van der Waals surface area contributed by atoms with Crippen molar-refractivity contribution < 1.29 is 13.7 Å². The minimum atomic E-state index is -0.733. The minimum absolute atomic E-state index is 0.0254. The Morgan fingerprint density at radius 2 is 2.00 bits per heavy atom. The maximum Gasteiger partial charge on any atom is 0.213 e. The number of rotatable bonds is 3. The van der Waals surface area contributed by atoms with Crippen LogP contribution in [-0.2, 0) is 10.8 Å². The first-order chi connectivity index (χ1) is 9.69. The Morgan fingerprint density at radius 3 is 2.65 bits per heavy atom. The van der Waals surface area contributed by atoms with E-state index >= 15 is 0 Å². The summed E-state index contributed by atoms with van der Waals surface area (Å²) in [5.74, 6) is 0.524. The van der Waals surface area contributed by atoms with Crippen LogP contribution in [0.15, 0.2) is 18.2 Å². The van der Waals surface area contributed by atoms with Crippen molar-refractivity contribution in [2.24, 2.45) is 5.92 Å². The molecule has 2 saturated heterocycles. The molecule has 2 atom stereocenters. The minimum Gasteiger partial charge on any atom is -0.481 e. The van der Waals surface area contributed by atoms with Crippen LogP contribution in [0.25, 0.3) is 0 Å². The van der Waals surface area contributed by atoms with E-state index in [-0.39, 0.29) is 22.2 Å². The van der Waals surface area contributed by atoms with E-state index < -0.39 is 10.8 Å². The van der Waals surface area contributed by atoms with Gasteiger partial charge in [0.15, 0.2) is 5.78 Å². The van der Waals surface area contributed by atoms with Crippen molar-refractivity contribution in [1.29, 1.82) is 0 Å². The number of methoxy groups -OCH3 is 1. The molecule has 2 unspecified atom stereocenters. The van der Waals surface area contributed by atoms with Gasteiger partial charge in [-0.05, 0) is 31.7 Å². The molecule has 4 nitrogen and oxygen atoms in total. The average Bonchev–Trinajstić information content (AvgIpc) is 2.46. The van der Waals surface area contributed by atoms with E-state index in [1.807, 2.05) is 0 Å². The van der Waals surface area contributed by atoms with E-state index in [9.17, 15) is 9.00 Å². The lowest BCUT2D eigenvalue weighted by Crippen LogP contribution is -2.41. The molecule has 1 aromatic rings. The summed E-state index contributed by atoms with van der Waals surface area (Å²) >= 11 is 0. The Balaban J connectivity index is 1.79. The highest BCUT2D eigenvalue weighted by Crippen LogP contribution is 2.38. The molecule has 5 heteroatoms. The third-order valence-electron chi connectivity index (χ3n) is 4.36. The van der Waals surface area contributed by atoms with Crippen LogP contribution in [0, 0.1) is 5.92 Å². The average molecular weight is 293 g/mol. The molecule has 0 radical (unpaired) electrons. The predicted octanol–water partition coefficient (Wildman–Crippen LogP) is 2.35. The smallest absolute Gasteiger partial charge is 0.213 e. The second kappa shape index (κ2) is 5.64. The summed E-state index contributed by atoms with van der Waals surface area (Å²) in [6.07, 6.45) is 4.65. The summed E-state index contributed by atoms with van der Waals surface area (Å²) in [4.78, 5) is 16.8. The quantitative estimate of drug-likeness (QED) is 0.803. The molecule has 0 aromatic carbocycles. The molecule has 0 amide bonds. The molecule has 2 bridgehead atoms. The number of ether oxygens (including phenoxy) is 1. The van der Waals surface area contributed by atoms with Crippen molar-refractivity contribution in [2.75, 3.05) is 7.11 Å². The molecule has 0 saturated carbocycles. The molecule has 20 heavy (non-hydrogen) atoms. The van der Waals surface area contributed by atoms with E-state index in [1.165, 1.54) is 0 Å². The van der Waals surface area contributed by atoms with E-state index in [4.69, 9.17) is 4.74 Å². The number of fused-ring (bicyclic) bond motifs is 2. The van der Waals surface area contributed by atoms with Crippen LogP contribution < -0.4 is 4.74 Å². The van der Waals surface area contributed by atoms with Gasteiger partial charge >= 0.3 is 0 Å². The molecule has 2 aliphatic rings. The number of hydrogen-bond acceptors (Lipinski definition) is 4. The fourth-order valence-electron chi connectivity index (χ4n) is 3.32. The van der Waals surface area contributed by atoms with Gasteiger partial charge in [0.05, 0.1) is 7.11 Å². The van der Waals surface area contributed by atoms with Gasteiger partial charge in [-0.2, -0.15) is 0 Å². The van der Waals surface area contributed by atoms with Gasteiger partial charge in [0.1, 0.15) is 5.69 Å². The first kappa shape index (κ1) is 13.7. The van der Waals surface area contributed by atoms with E-state index in [0.717, 1.165) is 32.1 Å². The van der Waals surface area contributed by atoms with Crippen molar-refractivity contribution in [1.82, 2.24) is 4.98 Å². The highest BCUT2D eigenvalue weighted by molar-refractivity contribution is 7.86. The standard InChI is InChI=1S/C15H19NO3S/c1-19-14-7-3-6-13(16-14)15(17)10-8-11-4-2-5-12(9-10)20(11)18/h3,6-7,10-12H,2,4-5,8-9H2,1H3. The van der Waals surface area contributed by atoms with E-state index in [0.29, 0.717) is 11.6 Å². The molecule has 0 spiro atoms.